The predicted molar refractivity (Wildman–Crippen MR) is 107 cm³/mol. The molecule has 2 aromatic rings. The van der Waals surface area contributed by atoms with E-state index in [9.17, 15) is 4.21 Å². The Hall–Kier alpha value is -2.07. The van der Waals surface area contributed by atoms with Crippen molar-refractivity contribution in [2.24, 2.45) is 0 Å². The molecule has 2 fully saturated rings. The number of aliphatic hydroxyl groups is 1. The number of piperidine rings is 1. The smallest absolute Gasteiger partial charge is 0.225 e. The minimum atomic E-state index is -0.762. The molecular formula is C17H25N7O2S. The largest absolute Gasteiger partial charge is 0.395 e. The van der Waals surface area contributed by atoms with Crippen molar-refractivity contribution < 1.29 is 9.32 Å². The van der Waals surface area contributed by atoms with Crippen molar-refractivity contribution in [2.45, 2.75) is 19.3 Å². The van der Waals surface area contributed by atoms with Crippen molar-refractivity contribution in [3.8, 4) is 0 Å². The molecule has 9 nitrogen and oxygen atoms in total. The van der Waals surface area contributed by atoms with Crippen LogP contribution in [-0.2, 0) is 10.8 Å². The quantitative estimate of drug-likeness (QED) is 0.748. The van der Waals surface area contributed by atoms with Crippen LogP contribution in [0, 0.1) is 0 Å². The fraction of sp³-hybridized carbons (Fsp3) is 0.647. The first-order valence-electron chi connectivity index (χ1n) is 9.48. The van der Waals surface area contributed by atoms with Gasteiger partial charge in [0.25, 0.3) is 0 Å². The van der Waals surface area contributed by atoms with Gasteiger partial charge in [-0.1, -0.05) is 0 Å². The second kappa shape index (κ2) is 8.30. The van der Waals surface area contributed by atoms with Crippen LogP contribution in [0.25, 0.3) is 11.0 Å². The molecule has 0 unspecified atom stereocenters. The normalized spacial score (nSPS) is 18.9. The average molecular weight is 392 g/mol. The van der Waals surface area contributed by atoms with Crippen LogP contribution >= 0.6 is 0 Å². The Morgan fingerprint density at radius 3 is 2.44 bits per heavy atom. The maximum absolute atomic E-state index is 11.8. The van der Waals surface area contributed by atoms with Gasteiger partial charge in [-0.2, -0.15) is 4.98 Å². The molecular weight excluding hydrogens is 366 g/mol. The Labute approximate surface area is 160 Å². The monoisotopic (exact) mass is 391 g/mol. The molecule has 2 saturated heterocycles. The van der Waals surface area contributed by atoms with E-state index in [1.807, 2.05) is 0 Å². The summed E-state index contributed by atoms with van der Waals surface area (Å²) in [6.07, 6.45) is 5.13. The molecule has 0 spiro atoms. The first-order valence-corrected chi connectivity index (χ1v) is 11.0. The van der Waals surface area contributed by atoms with E-state index in [1.54, 1.807) is 6.33 Å². The maximum atomic E-state index is 11.8. The Morgan fingerprint density at radius 2 is 1.70 bits per heavy atom. The highest BCUT2D eigenvalue weighted by atomic mass is 32.2. The highest BCUT2D eigenvalue weighted by Gasteiger charge is 2.24. The lowest BCUT2D eigenvalue weighted by atomic mass is 10.1. The van der Waals surface area contributed by atoms with E-state index in [0.717, 1.165) is 48.6 Å². The molecule has 27 heavy (non-hydrogen) atoms. The lowest BCUT2D eigenvalue weighted by molar-refractivity contribution is 0.311. The van der Waals surface area contributed by atoms with Gasteiger partial charge in [0.15, 0.2) is 11.6 Å². The molecule has 2 N–H and O–H groups in total. The number of nitrogens with zero attached hydrogens (tertiary/aromatic N) is 6. The van der Waals surface area contributed by atoms with Crippen molar-refractivity contribution in [1.82, 2.24) is 19.9 Å². The first-order chi connectivity index (χ1) is 13.3. The van der Waals surface area contributed by atoms with Gasteiger partial charge < -0.3 is 20.2 Å². The zero-order valence-corrected chi connectivity index (χ0v) is 16.1. The summed E-state index contributed by atoms with van der Waals surface area (Å²) in [6.45, 7) is 3.68. The highest BCUT2D eigenvalue weighted by Crippen LogP contribution is 2.30. The van der Waals surface area contributed by atoms with Gasteiger partial charge in [0.2, 0.25) is 5.95 Å². The standard InChI is InChI=1S/C17H25N7O2S/c25-9-4-18-17-21-14-13(16(22-17)24-7-10-27(26)11-8-24)19-12-20-15(14)23-5-2-1-3-6-23/h12,25H,1-11H2,(H,18,21,22). The van der Waals surface area contributed by atoms with Crippen LogP contribution in [0.4, 0.5) is 17.6 Å². The zero-order chi connectivity index (χ0) is 18.6. The SMILES string of the molecule is O=S1CCN(c2nc(NCCO)nc3c(N4CCCCC4)ncnc23)CC1. The molecule has 0 aliphatic carbocycles. The van der Waals surface area contributed by atoms with Crippen molar-refractivity contribution in [3.63, 3.8) is 0 Å². The number of nitrogens with one attached hydrogen (secondary N) is 1. The van der Waals surface area contributed by atoms with Crippen LogP contribution in [0.1, 0.15) is 19.3 Å². The molecule has 4 heterocycles. The molecule has 0 amide bonds. The number of rotatable bonds is 5. The van der Waals surface area contributed by atoms with Crippen LogP contribution in [-0.4, -0.2) is 80.1 Å². The third-order valence-corrected chi connectivity index (χ3v) is 6.25. The Morgan fingerprint density at radius 1 is 0.963 bits per heavy atom. The second-order valence-electron chi connectivity index (χ2n) is 6.80. The zero-order valence-electron chi connectivity index (χ0n) is 15.3. The number of hydrogen-bond acceptors (Lipinski definition) is 9. The molecule has 0 bridgehead atoms. The van der Waals surface area contributed by atoms with E-state index in [4.69, 9.17) is 5.11 Å². The van der Waals surface area contributed by atoms with Crippen molar-refractivity contribution >= 4 is 39.4 Å². The molecule has 2 aromatic heterocycles. The first kappa shape index (κ1) is 18.3. The number of hydrogen-bond donors (Lipinski definition) is 2. The van der Waals surface area contributed by atoms with E-state index >= 15 is 0 Å². The molecule has 4 rings (SSSR count). The summed E-state index contributed by atoms with van der Waals surface area (Å²) in [5.74, 6) is 3.32. The third-order valence-electron chi connectivity index (χ3n) is 4.97. The Balaban J connectivity index is 1.79. The summed E-state index contributed by atoms with van der Waals surface area (Å²) in [5.41, 5.74) is 1.46. The van der Waals surface area contributed by atoms with Gasteiger partial charge in [0, 0.05) is 55.0 Å². The van der Waals surface area contributed by atoms with Gasteiger partial charge in [0.1, 0.15) is 17.4 Å². The lowest BCUT2D eigenvalue weighted by Crippen LogP contribution is -2.38. The molecule has 146 valence electrons. The van der Waals surface area contributed by atoms with Gasteiger partial charge in [-0.3, -0.25) is 4.21 Å². The lowest BCUT2D eigenvalue weighted by Gasteiger charge is -2.30. The topological polar surface area (TPSA) is 107 Å². The summed E-state index contributed by atoms with van der Waals surface area (Å²) < 4.78 is 11.8. The summed E-state index contributed by atoms with van der Waals surface area (Å²) in [4.78, 5) is 22.8. The van der Waals surface area contributed by atoms with Crippen molar-refractivity contribution in [3.05, 3.63) is 6.33 Å². The number of fused-ring (bicyclic) bond motifs is 1. The summed E-state index contributed by atoms with van der Waals surface area (Å²) >= 11 is 0. The van der Waals surface area contributed by atoms with Gasteiger partial charge in [-0.25, -0.2) is 15.0 Å². The predicted octanol–water partition coefficient (Wildman–Crippen LogP) is 0.383. The van der Waals surface area contributed by atoms with E-state index < -0.39 is 10.8 Å². The van der Waals surface area contributed by atoms with E-state index in [-0.39, 0.29) is 6.61 Å². The van der Waals surface area contributed by atoms with E-state index in [1.165, 1.54) is 6.42 Å². The highest BCUT2D eigenvalue weighted by molar-refractivity contribution is 7.85. The van der Waals surface area contributed by atoms with Crippen molar-refractivity contribution in [2.75, 3.05) is 66.0 Å². The van der Waals surface area contributed by atoms with Crippen LogP contribution in [0.3, 0.4) is 0 Å². The van der Waals surface area contributed by atoms with Crippen molar-refractivity contribution in [1.29, 1.82) is 0 Å². The Kier molecular flexibility index (Phi) is 5.63. The molecule has 2 aliphatic rings. The van der Waals surface area contributed by atoms with Gasteiger partial charge >= 0.3 is 0 Å². The van der Waals surface area contributed by atoms with Crippen LogP contribution in [0.2, 0.25) is 0 Å². The molecule has 2 aliphatic heterocycles. The minimum absolute atomic E-state index is 0.00367. The second-order valence-corrected chi connectivity index (χ2v) is 8.49. The van der Waals surface area contributed by atoms with Crippen LogP contribution < -0.4 is 15.1 Å². The number of anilines is 3. The van der Waals surface area contributed by atoms with Crippen LogP contribution in [0.5, 0.6) is 0 Å². The Bertz CT molecular complexity index is 818. The van der Waals surface area contributed by atoms with Gasteiger partial charge in [0.05, 0.1) is 6.61 Å². The molecule has 0 atom stereocenters. The number of aliphatic hydroxyl groups excluding tert-OH is 1. The third kappa shape index (κ3) is 3.96. The van der Waals surface area contributed by atoms with Gasteiger partial charge in [-0.05, 0) is 19.3 Å². The molecule has 10 heteroatoms. The number of aromatic nitrogens is 4. The summed E-state index contributed by atoms with van der Waals surface area (Å²) in [5, 5.41) is 12.2. The molecule has 0 radical (unpaired) electrons. The summed E-state index contributed by atoms with van der Waals surface area (Å²) in [7, 11) is -0.762. The van der Waals surface area contributed by atoms with E-state index in [0.29, 0.717) is 37.1 Å². The maximum Gasteiger partial charge on any atom is 0.225 e. The fourth-order valence-electron chi connectivity index (χ4n) is 3.57. The van der Waals surface area contributed by atoms with Gasteiger partial charge in [-0.15, -0.1) is 0 Å². The molecule has 0 aromatic carbocycles. The average Bonchev–Trinajstić information content (AvgIpc) is 2.72. The van der Waals surface area contributed by atoms with E-state index in [2.05, 4.69) is 35.1 Å². The fourth-order valence-corrected chi connectivity index (χ4v) is 4.63. The minimum Gasteiger partial charge on any atom is -0.395 e. The summed E-state index contributed by atoms with van der Waals surface area (Å²) in [6, 6.07) is 0. The molecule has 0 saturated carbocycles. The van der Waals surface area contributed by atoms with Crippen LogP contribution in [0.15, 0.2) is 6.33 Å².